The van der Waals surface area contributed by atoms with E-state index in [0.717, 1.165) is 0 Å². The predicted molar refractivity (Wildman–Crippen MR) is 43.3 cm³/mol. The van der Waals surface area contributed by atoms with Gasteiger partial charge in [0.1, 0.15) is 0 Å². The van der Waals surface area contributed by atoms with Crippen molar-refractivity contribution in [3.05, 3.63) is 0 Å². The van der Waals surface area contributed by atoms with Crippen LogP contribution in [0.5, 0.6) is 0 Å². The lowest BCUT2D eigenvalue weighted by atomic mass is 11.5. The number of hydrogen-bond acceptors (Lipinski definition) is 6. The Kier molecular flexibility index (Phi) is 4.00. The zero-order valence-electron chi connectivity index (χ0n) is 6.15. The minimum Gasteiger partial charge on any atom is -0.302 e. The van der Waals surface area contributed by atoms with Crippen molar-refractivity contribution in [1.29, 1.82) is 0 Å². The molecule has 84 valence electrons. The number of rotatable bonds is 0. The van der Waals surface area contributed by atoms with E-state index in [1.54, 1.807) is 0 Å². The van der Waals surface area contributed by atoms with Gasteiger partial charge < -0.3 is 9.79 Å². The van der Waals surface area contributed by atoms with Gasteiger partial charge in [0.15, 0.2) is 0 Å². The van der Waals surface area contributed by atoms with E-state index in [1.807, 2.05) is 0 Å². The van der Waals surface area contributed by atoms with Gasteiger partial charge in [-0.1, -0.05) is 23.2 Å². The molecule has 0 aromatic carbocycles. The zero-order chi connectivity index (χ0) is 11.0. The Morgan fingerprint density at radius 3 is 1.29 bits per heavy atom. The Morgan fingerprint density at radius 2 is 1.07 bits per heavy atom. The average molecular weight is 289 g/mol. The first-order valence-corrected chi connectivity index (χ1v) is 6.74. The molecular formula is C2H4Cl2O8P2. The van der Waals surface area contributed by atoms with E-state index in [9.17, 15) is 9.13 Å². The second-order valence-electron chi connectivity index (χ2n) is 1.91. The van der Waals surface area contributed by atoms with Crippen molar-refractivity contribution in [1.82, 2.24) is 0 Å². The van der Waals surface area contributed by atoms with Gasteiger partial charge in [-0.15, -0.1) is 0 Å². The Bertz CT molecular complexity index is 256. The maximum Gasteiger partial charge on any atom is 0.478 e. The highest BCUT2D eigenvalue weighted by Crippen LogP contribution is 2.57. The van der Waals surface area contributed by atoms with E-state index in [1.165, 1.54) is 0 Å². The first-order chi connectivity index (χ1) is 6.20. The largest absolute Gasteiger partial charge is 0.478 e. The molecule has 0 saturated carbocycles. The summed E-state index contributed by atoms with van der Waals surface area (Å²) in [6.45, 7) is 0. The fourth-order valence-corrected chi connectivity index (χ4v) is 2.96. The SMILES string of the molecule is O=P1(O)OC(Cl)OP(=O)(O)OC(Cl)O1. The molecule has 0 bridgehead atoms. The van der Waals surface area contributed by atoms with Gasteiger partial charge in [0.25, 0.3) is 11.5 Å². The molecule has 0 spiro atoms. The molecule has 12 heteroatoms. The highest BCUT2D eigenvalue weighted by Gasteiger charge is 2.40. The molecule has 1 fully saturated rings. The highest BCUT2D eigenvalue weighted by molar-refractivity contribution is 7.49. The van der Waals surface area contributed by atoms with E-state index >= 15 is 0 Å². The predicted octanol–water partition coefficient (Wildman–Crippen LogP) is 1.31. The monoisotopic (exact) mass is 288 g/mol. The molecule has 0 atom stereocenters. The molecule has 8 nitrogen and oxygen atoms in total. The van der Waals surface area contributed by atoms with E-state index < -0.39 is 27.1 Å². The molecule has 1 saturated heterocycles. The lowest BCUT2D eigenvalue weighted by Crippen LogP contribution is -2.18. The Hall–Kier alpha value is 0.800. The highest BCUT2D eigenvalue weighted by atomic mass is 35.5. The zero-order valence-corrected chi connectivity index (χ0v) is 9.45. The molecule has 0 aliphatic carbocycles. The van der Waals surface area contributed by atoms with Gasteiger partial charge >= 0.3 is 15.6 Å². The molecule has 0 unspecified atom stereocenters. The molecule has 2 N–H and O–H groups in total. The molecule has 0 aromatic rings. The second kappa shape index (κ2) is 4.35. The summed E-state index contributed by atoms with van der Waals surface area (Å²) < 4.78 is 37.8. The van der Waals surface area contributed by atoms with Crippen LogP contribution in [-0.2, 0) is 27.2 Å². The van der Waals surface area contributed by atoms with E-state index in [2.05, 4.69) is 18.1 Å². The summed E-state index contributed by atoms with van der Waals surface area (Å²) in [4.78, 5) is 17.6. The van der Waals surface area contributed by atoms with Crippen LogP contribution in [0.15, 0.2) is 0 Å². The molecule has 1 heterocycles. The second-order valence-corrected chi connectivity index (χ2v) is 5.34. The Balaban J connectivity index is 2.81. The van der Waals surface area contributed by atoms with Gasteiger partial charge in [0.05, 0.1) is 0 Å². The fraction of sp³-hybridized carbons (Fsp3) is 1.00. The normalized spacial score (nSPS) is 50.9. The summed E-state index contributed by atoms with van der Waals surface area (Å²) in [7, 11) is -9.15. The quantitative estimate of drug-likeness (QED) is 0.507. The van der Waals surface area contributed by atoms with E-state index in [4.69, 9.17) is 33.0 Å². The van der Waals surface area contributed by atoms with Gasteiger partial charge in [0.2, 0.25) is 0 Å². The maximum atomic E-state index is 10.8. The van der Waals surface area contributed by atoms with Gasteiger partial charge in [0, 0.05) is 0 Å². The van der Waals surface area contributed by atoms with Crippen LogP contribution in [0.1, 0.15) is 0 Å². The minimum absolute atomic E-state index is 1.97. The summed E-state index contributed by atoms with van der Waals surface area (Å²) in [5, 5.41) is 0. The van der Waals surface area contributed by atoms with Gasteiger partial charge in [-0.25, -0.2) is 27.2 Å². The lowest BCUT2D eigenvalue weighted by Gasteiger charge is -2.24. The van der Waals surface area contributed by atoms with Crippen molar-refractivity contribution < 1.29 is 37.0 Å². The number of hydrogen-bond donors (Lipinski definition) is 2. The smallest absolute Gasteiger partial charge is 0.302 e. The lowest BCUT2D eigenvalue weighted by molar-refractivity contribution is -0.0598. The van der Waals surface area contributed by atoms with Crippen molar-refractivity contribution in [3.8, 4) is 0 Å². The molecule has 0 aromatic heterocycles. The maximum absolute atomic E-state index is 10.8. The van der Waals surface area contributed by atoms with Gasteiger partial charge in [-0.3, -0.25) is 0 Å². The van der Waals surface area contributed by atoms with Gasteiger partial charge in [-0.2, -0.15) is 0 Å². The van der Waals surface area contributed by atoms with Crippen molar-refractivity contribution in [2.75, 3.05) is 0 Å². The summed E-state index contributed by atoms with van der Waals surface area (Å²) in [5.41, 5.74) is 0. The topological polar surface area (TPSA) is 112 Å². The number of phosphoric acid groups is 2. The van der Waals surface area contributed by atoms with Crippen molar-refractivity contribution in [2.24, 2.45) is 0 Å². The van der Waals surface area contributed by atoms with Crippen molar-refractivity contribution in [2.45, 2.75) is 11.5 Å². The van der Waals surface area contributed by atoms with E-state index in [0.29, 0.717) is 0 Å². The molecule has 1 rings (SSSR count). The molecular weight excluding hydrogens is 285 g/mol. The molecule has 0 radical (unpaired) electrons. The molecule has 14 heavy (non-hydrogen) atoms. The van der Waals surface area contributed by atoms with E-state index in [-0.39, 0.29) is 0 Å². The van der Waals surface area contributed by atoms with Crippen LogP contribution in [-0.4, -0.2) is 21.3 Å². The summed E-state index contributed by atoms with van der Waals surface area (Å²) >= 11 is 10.2. The van der Waals surface area contributed by atoms with Crippen LogP contribution < -0.4 is 0 Å². The number of phosphoric ester groups is 2. The van der Waals surface area contributed by atoms with Crippen LogP contribution in [0.3, 0.4) is 0 Å². The Labute approximate surface area is 87.8 Å². The van der Waals surface area contributed by atoms with Gasteiger partial charge in [-0.05, 0) is 0 Å². The summed E-state index contributed by atoms with van der Waals surface area (Å²) in [6.07, 6.45) is 0. The third-order valence-electron chi connectivity index (χ3n) is 0.864. The molecule has 1 aliphatic heterocycles. The van der Waals surface area contributed by atoms with Crippen LogP contribution in [0.25, 0.3) is 0 Å². The first kappa shape index (κ1) is 12.9. The van der Waals surface area contributed by atoms with Crippen molar-refractivity contribution >= 4 is 38.8 Å². The number of alkyl halides is 2. The van der Waals surface area contributed by atoms with Crippen molar-refractivity contribution in [3.63, 3.8) is 0 Å². The minimum atomic E-state index is -4.57. The summed E-state index contributed by atoms with van der Waals surface area (Å²) in [5.74, 6) is -3.93. The Morgan fingerprint density at radius 1 is 0.857 bits per heavy atom. The van der Waals surface area contributed by atoms with Crippen LogP contribution in [0.4, 0.5) is 0 Å². The van der Waals surface area contributed by atoms with Crippen LogP contribution in [0, 0.1) is 0 Å². The standard InChI is InChI=1S/C2H4Cl2O8P2/c3-1-9-13(5,6)11-2(4)12-14(7,8)10-1/h1-2H,(H,5,6)(H,7,8). The molecule has 1 aliphatic rings. The fourth-order valence-electron chi connectivity index (χ4n) is 0.507. The van der Waals surface area contributed by atoms with Crippen LogP contribution in [0.2, 0.25) is 0 Å². The molecule has 0 amide bonds. The third-order valence-corrected chi connectivity index (χ3v) is 3.55. The number of halogens is 2. The summed E-state index contributed by atoms with van der Waals surface area (Å²) in [6, 6.07) is 0. The third kappa shape index (κ3) is 4.12. The van der Waals surface area contributed by atoms with Crippen LogP contribution >= 0.6 is 38.8 Å². The first-order valence-electron chi connectivity index (χ1n) is 2.87. The average Bonchev–Trinajstić information content (AvgIpc) is 1.74.